The van der Waals surface area contributed by atoms with E-state index in [0.717, 1.165) is 22.4 Å². The summed E-state index contributed by atoms with van der Waals surface area (Å²) in [7, 11) is 1.96. The lowest BCUT2D eigenvalue weighted by Gasteiger charge is -2.29. The maximum absolute atomic E-state index is 13.0. The molecule has 7 nitrogen and oxygen atoms in total. The molecule has 0 bridgehead atoms. The maximum atomic E-state index is 13.0. The van der Waals surface area contributed by atoms with Crippen LogP contribution in [0.3, 0.4) is 0 Å². The molecular weight excluding hydrogens is 416 g/mol. The van der Waals surface area contributed by atoms with Crippen LogP contribution in [0.2, 0.25) is 0 Å². The van der Waals surface area contributed by atoms with Crippen molar-refractivity contribution >= 4 is 17.7 Å². The van der Waals surface area contributed by atoms with Crippen LogP contribution < -0.4 is 5.32 Å². The highest BCUT2D eigenvalue weighted by molar-refractivity contribution is 6.05. The third kappa shape index (κ3) is 3.26. The number of carbonyl (C=O) groups excluding carboxylic acids is 3. The van der Waals surface area contributed by atoms with Gasteiger partial charge in [0.2, 0.25) is 11.8 Å². The zero-order chi connectivity index (χ0) is 22.7. The Hall–Kier alpha value is -3.74. The minimum Gasteiger partial charge on any atom is -0.322 e. The van der Waals surface area contributed by atoms with Crippen molar-refractivity contribution in [1.29, 1.82) is 0 Å². The van der Waals surface area contributed by atoms with E-state index in [0.29, 0.717) is 24.4 Å². The first-order chi connectivity index (χ1) is 16.0. The molecule has 3 heterocycles. The molecule has 1 aliphatic carbocycles. The third-order valence-corrected chi connectivity index (χ3v) is 7.01. The van der Waals surface area contributed by atoms with Gasteiger partial charge in [-0.1, -0.05) is 30.3 Å². The molecule has 3 amide bonds. The highest BCUT2D eigenvalue weighted by atomic mass is 16.2. The van der Waals surface area contributed by atoms with Crippen LogP contribution in [0.15, 0.2) is 48.7 Å². The first kappa shape index (κ1) is 19.9. The van der Waals surface area contributed by atoms with Crippen LogP contribution >= 0.6 is 0 Å². The van der Waals surface area contributed by atoms with Gasteiger partial charge in [0.05, 0.1) is 11.9 Å². The summed E-state index contributed by atoms with van der Waals surface area (Å²) in [5.74, 6) is -0.211. The van der Waals surface area contributed by atoms with Crippen LogP contribution in [0.4, 0.5) is 0 Å². The van der Waals surface area contributed by atoms with E-state index in [1.54, 1.807) is 4.90 Å². The van der Waals surface area contributed by atoms with Crippen LogP contribution in [0.25, 0.3) is 22.4 Å². The normalized spacial score (nSPS) is 20.2. The number of aromatic nitrogens is 2. The quantitative estimate of drug-likeness (QED) is 0.631. The number of piperidine rings is 1. The molecule has 2 fully saturated rings. The summed E-state index contributed by atoms with van der Waals surface area (Å²) in [5, 5.41) is 6.91. The Kier molecular flexibility index (Phi) is 4.47. The predicted molar refractivity (Wildman–Crippen MR) is 122 cm³/mol. The van der Waals surface area contributed by atoms with Crippen molar-refractivity contribution in [1.82, 2.24) is 20.0 Å². The Bertz CT molecular complexity index is 1320. The second-order valence-corrected chi connectivity index (χ2v) is 9.16. The smallest absolute Gasteiger partial charge is 0.255 e. The highest BCUT2D eigenvalue weighted by Gasteiger charge is 2.39. The number of nitrogens with one attached hydrogen (secondary N) is 1. The number of hydrogen-bond donors (Lipinski definition) is 1. The van der Waals surface area contributed by atoms with Gasteiger partial charge in [-0.2, -0.15) is 5.10 Å². The van der Waals surface area contributed by atoms with Gasteiger partial charge in [0.15, 0.2) is 0 Å². The van der Waals surface area contributed by atoms with Gasteiger partial charge < -0.3 is 4.90 Å². The fourth-order valence-electron chi connectivity index (χ4n) is 5.17. The number of rotatable bonds is 4. The summed E-state index contributed by atoms with van der Waals surface area (Å²) < 4.78 is 1.92. The molecule has 0 radical (unpaired) electrons. The average molecular weight is 441 g/mol. The van der Waals surface area contributed by atoms with Crippen molar-refractivity contribution in [3.05, 3.63) is 65.4 Å². The molecule has 1 atom stereocenters. The fourth-order valence-corrected chi connectivity index (χ4v) is 5.17. The summed E-state index contributed by atoms with van der Waals surface area (Å²) in [5.41, 5.74) is 7.18. The maximum Gasteiger partial charge on any atom is 0.255 e. The van der Waals surface area contributed by atoms with Gasteiger partial charge >= 0.3 is 0 Å². The van der Waals surface area contributed by atoms with E-state index in [9.17, 15) is 14.4 Å². The first-order valence-electron chi connectivity index (χ1n) is 11.4. The van der Waals surface area contributed by atoms with Gasteiger partial charge in [0.25, 0.3) is 5.91 Å². The van der Waals surface area contributed by atoms with E-state index in [1.165, 1.54) is 24.0 Å². The van der Waals surface area contributed by atoms with Gasteiger partial charge in [-0.05, 0) is 54.0 Å². The molecule has 1 saturated carbocycles. The Morgan fingerprint density at radius 2 is 1.79 bits per heavy atom. The van der Waals surface area contributed by atoms with Crippen LogP contribution in [-0.4, -0.2) is 38.4 Å². The number of nitrogens with zero attached hydrogens (tertiary/aromatic N) is 3. The Morgan fingerprint density at radius 1 is 0.970 bits per heavy atom. The minimum absolute atomic E-state index is 0.156. The van der Waals surface area contributed by atoms with Crippen LogP contribution in [0, 0.1) is 0 Å². The minimum atomic E-state index is -0.606. The van der Waals surface area contributed by atoms with E-state index in [2.05, 4.69) is 34.7 Å². The number of aryl methyl sites for hydroxylation is 1. The lowest BCUT2D eigenvalue weighted by molar-refractivity contribution is -0.136. The zero-order valence-electron chi connectivity index (χ0n) is 18.4. The number of benzene rings is 2. The molecule has 1 unspecified atom stereocenters. The van der Waals surface area contributed by atoms with Gasteiger partial charge in [-0.3, -0.25) is 24.4 Å². The monoisotopic (exact) mass is 440 g/mol. The van der Waals surface area contributed by atoms with Gasteiger partial charge in [0, 0.05) is 36.7 Å². The Balaban J connectivity index is 1.36. The number of fused-ring (bicyclic) bond motifs is 1. The molecule has 2 aromatic carbocycles. The van der Waals surface area contributed by atoms with E-state index in [-0.39, 0.29) is 24.1 Å². The second kappa shape index (κ2) is 7.40. The van der Waals surface area contributed by atoms with Gasteiger partial charge in [-0.15, -0.1) is 0 Å². The molecule has 3 aliphatic rings. The fraction of sp³-hybridized carbons (Fsp3) is 0.308. The van der Waals surface area contributed by atoms with Crippen molar-refractivity contribution in [3.63, 3.8) is 0 Å². The molecule has 0 spiro atoms. The molecule has 1 aromatic heterocycles. The van der Waals surface area contributed by atoms with Gasteiger partial charge in [0.1, 0.15) is 6.04 Å². The number of carbonyl (C=O) groups is 3. The average Bonchev–Trinajstić information content (AvgIpc) is 3.51. The second-order valence-electron chi connectivity index (χ2n) is 9.16. The van der Waals surface area contributed by atoms with Crippen LogP contribution in [0.1, 0.15) is 53.1 Å². The molecule has 1 N–H and O–H groups in total. The van der Waals surface area contributed by atoms with E-state index >= 15 is 0 Å². The van der Waals surface area contributed by atoms with E-state index in [4.69, 9.17) is 0 Å². The lowest BCUT2D eigenvalue weighted by atomic mass is 9.94. The number of imide groups is 1. The van der Waals surface area contributed by atoms with E-state index in [1.807, 2.05) is 36.1 Å². The lowest BCUT2D eigenvalue weighted by Crippen LogP contribution is -2.52. The first-order valence-corrected chi connectivity index (χ1v) is 11.4. The van der Waals surface area contributed by atoms with Crippen molar-refractivity contribution in [2.45, 2.75) is 44.2 Å². The zero-order valence-corrected chi connectivity index (χ0v) is 18.4. The molecule has 6 rings (SSSR count). The van der Waals surface area contributed by atoms with Crippen molar-refractivity contribution in [3.8, 4) is 22.4 Å². The van der Waals surface area contributed by atoms with Crippen LogP contribution in [0.5, 0.6) is 0 Å². The molecule has 7 heteroatoms. The molecule has 3 aromatic rings. The number of hydrogen-bond acceptors (Lipinski definition) is 4. The molecule has 166 valence electrons. The SMILES string of the molecule is Cn1ncc(-c2ccc3c(c2)CN(C2CCC(=O)NC2=O)C3=O)c1-c1ccccc1C1CC1. The Labute approximate surface area is 191 Å². The predicted octanol–water partition coefficient (Wildman–Crippen LogP) is 3.39. The number of amides is 3. The third-order valence-electron chi connectivity index (χ3n) is 7.01. The summed E-state index contributed by atoms with van der Waals surface area (Å²) in [6.45, 7) is 0.364. The molecule has 1 saturated heterocycles. The molecule has 33 heavy (non-hydrogen) atoms. The largest absolute Gasteiger partial charge is 0.322 e. The topological polar surface area (TPSA) is 84.3 Å². The summed E-state index contributed by atoms with van der Waals surface area (Å²) in [6.07, 6.45) is 4.95. The molecular formula is C26H24N4O3. The summed E-state index contributed by atoms with van der Waals surface area (Å²) >= 11 is 0. The van der Waals surface area contributed by atoms with Crippen molar-refractivity contribution in [2.75, 3.05) is 0 Å². The van der Waals surface area contributed by atoms with Crippen molar-refractivity contribution in [2.24, 2.45) is 7.05 Å². The highest BCUT2D eigenvalue weighted by Crippen LogP contribution is 2.46. The summed E-state index contributed by atoms with van der Waals surface area (Å²) in [4.78, 5) is 38.5. The van der Waals surface area contributed by atoms with Gasteiger partial charge in [-0.25, -0.2) is 0 Å². The van der Waals surface area contributed by atoms with E-state index < -0.39 is 6.04 Å². The Morgan fingerprint density at radius 3 is 2.58 bits per heavy atom. The van der Waals surface area contributed by atoms with Crippen molar-refractivity contribution < 1.29 is 14.4 Å². The van der Waals surface area contributed by atoms with Crippen LogP contribution in [-0.2, 0) is 23.2 Å². The summed E-state index contributed by atoms with van der Waals surface area (Å²) in [6, 6.07) is 13.8. The standard InChI is InChI=1S/C26H24N4O3/c1-29-24(20-5-3-2-4-18(20)15-6-7-15)21(13-27-29)16-8-9-19-17(12-16)14-30(26(19)33)22-10-11-23(31)28-25(22)32/h2-5,8-9,12-13,15,22H,6-7,10-11,14H2,1H3,(H,28,31,32). The molecule has 2 aliphatic heterocycles.